The summed E-state index contributed by atoms with van der Waals surface area (Å²) in [5.74, 6) is 0.113. The fourth-order valence-corrected chi connectivity index (χ4v) is 3.98. The second-order valence-corrected chi connectivity index (χ2v) is 8.37. The smallest absolute Gasteiger partial charge is 0.220 e. The van der Waals surface area contributed by atoms with Gasteiger partial charge in [-0.25, -0.2) is 0 Å². The van der Waals surface area contributed by atoms with Gasteiger partial charge in [-0.15, -0.1) is 0 Å². The molecule has 3 aromatic carbocycles. The minimum Gasteiger partial charge on any atom is -0.356 e. The number of aromatic nitrogens is 1. The summed E-state index contributed by atoms with van der Waals surface area (Å²) in [6, 6.07) is 25.6. The number of rotatable bonds is 8. The molecule has 0 aliphatic heterocycles. The Morgan fingerprint density at radius 2 is 1.45 bits per heavy atom. The third-order valence-corrected chi connectivity index (χ3v) is 5.82. The molecule has 0 atom stereocenters. The first-order valence-corrected chi connectivity index (χ1v) is 11.0. The summed E-state index contributed by atoms with van der Waals surface area (Å²) in [5, 5.41) is 4.31. The molecule has 1 aromatic heterocycles. The van der Waals surface area contributed by atoms with Crippen molar-refractivity contribution in [3.63, 3.8) is 0 Å². The average Bonchev–Trinajstić information content (AvgIpc) is 3.13. The maximum Gasteiger partial charge on any atom is 0.220 e. The molecule has 0 saturated heterocycles. The molecule has 31 heavy (non-hydrogen) atoms. The molecule has 158 valence electrons. The second kappa shape index (κ2) is 9.65. The number of carbonyl (C=O) groups excluding carboxylic acids is 1. The summed E-state index contributed by atoms with van der Waals surface area (Å²) in [6.45, 7) is 5.71. The van der Waals surface area contributed by atoms with Gasteiger partial charge in [-0.2, -0.15) is 0 Å². The highest BCUT2D eigenvalue weighted by Gasteiger charge is 2.10. The lowest BCUT2D eigenvalue weighted by Crippen LogP contribution is -2.25. The van der Waals surface area contributed by atoms with Crippen molar-refractivity contribution in [3.8, 4) is 0 Å². The van der Waals surface area contributed by atoms with Crippen molar-refractivity contribution in [1.82, 2.24) is 9.88 Å². The highest BCUT2D eigenvalue weighted by molar-refractivity contribution is 5.85. The summed E-state index contributed by atoms with van der Waals surface area (Å²) < 4.78 is 2.30. The largest absolute Gasteiger partial charge is 0.356 e. The molecule has 4 aromatic rings. The van der Waals surface area contributed by atoms with Crippen LogP contribution in [0.15, 0.2) is 79.0 Å². The topological polar surface area (TPSA) is 34.0 Å². The van der Waals surface area contributed by atoms with E-state index in [1.807, 2.05) is 0 Å². The van der Waals surface area contributed by atoms with Gasteiger partial charge in [0.1, 0.15) is 0 Å². The van der Waals surface area contributed by atoms with Crippen LogP contribution in [0.25, 0.3) is 10.9 Å². The van der Waals surface area contributed by atoms with Gasteiger partial charge in [0.05, 0.1) is 0 Å². The van der Waals surface area contributed by atoms with Crippen LogP contribution in [0.4, 0.5) is 0 Å². The number of aryl methyl sites for hydroxylation is 3. The molecular formula is C28H30N2O. The van der Waals surface area contributed by atoms with E-state index in [4.69, 9.17) is 0 Å². The van der Waals surface area contributed by atoms with Crippen molar-refractivity contribution in [1.29, 1.82) is 0 Å². The Labute approximate surface area is 184 Å². The number of para-hydroxylation sites is 1. The van der Waals surface area contributed by atoms with Gasteiger partial charge in [0.15, 0.2) is 0 Å². The number of hydrogen-bond donors (Lipinski definition) is 1. The van der Waals surface area contributed by atoms with Crippen LogP contribution in [0, 0.1) is 13.8 Å². The molecule has 0 fully saturated rings. The SMILES string of the molecule is Cc1ccc(CCNC(=O)CCc2cn(Cc3ccc(C)cc3)c3ccccc23)cc1. The fraction of sp³-hybridized carbons (Fsp3) is 0.250. The molecule has 3 heteroatoms. The Bertz CT molecular complexity index is 1150. The summed E-state index contributed by atoms with van der Waals surface area (Å²) in [7, 11) is 0. The third kappa shape index (κ3) is 5.43. The predicted molar refractivity (Wildman–Crippen MR) is 128 cm³/mol. The molecule has 0 aliphatic carbocycles. The van der Waals surface area contributed by atoms with E-state index < -0.39 is 0 Å². The van der Waals surface area contributed by atoms with E-state index in [-0.39, 0.29) is 5.91 Å². The first-order chi connectivity index (χ1) is 15.1. The highest BCUT2D eigenvalue weighted by Crippen LogP contribution is 2.23. The van der Waals surface area contributed by atoms with Crippen LogP contribution in [0.5, 0.6) is 0 Å². The number of carbonyl (C=O) groups is 1. The van der Waals surface area contributed by atoms with Crippen molar-refractivity contribution in [2.75, 3.05) is 6.54 Å². The number of nitrogens with one attached hydrogen (secondary N) is 1. The van der Waals surface area contributed by atoms with Gasteiger partial charge in [0.2, 0.25) is 5.91 Å². The van der Waals surface area contributed by atoms with Crippen LogP contribution in [0.2, 0.25) is 0 Å². The van der Waals surface area contributed by atoms with Gasteiger partial charge < -0.3 is 9.88 Å². The van der Waals surface area contributed by atoms with Crippen LogP contribution in [-0.4, -0.2) is 17.0 Å². The van der Waals surface area contributed by atoms with Gasteiger partial charge in [-0.05, 0) is 49.4 Å². The Balaban J connectivity index is 1.37. The van der Waals surface area contributed by atoms with Gasteiger partial charge >= 0.3 is 0 Å². The third-order valence-electron chi connectivity index (χ3n) is 5.82. The predicted octanol–water partition coefficient (Wildman–Crippen LogP) is 5.60. The molecule has 0 aliphatic rings. The van der Waals surface area contributed by atoms with Crippen LogP contribution in [0.3, 0.4) is 0 Å². The van der Waals surface area contributed by atoms with Crippen LogP contribution in [0.1, 0.15) is 34.2 Å². The minimum atomic E-state index is 0.113. The lowest BCUT2D eigenvalue weighted by Gasteiger charge is -2.06. The molecular weight excluding hydrogens is 380 g/mol. The van der Waals surface area contributed by atoms with E-state index >= 15 is 0 Å². The van der Waals surface area contributed by atoms with Gasteiger partial charge in [-0.1, -0.05) is 77.9 Å². The fourth-order valence-electron chi connectivity index (χ4n) is 3.98. The van der Waals surface area contributed by atoms with Gasteiger partial charge in [-0.3, -0.25) is 4.79 Å². The monoisotopic (exact) mass is 410 g/mol. The highest BCUT2D eigenvalue weighted by atomic mass is 16.1. The zero-order valence-electron chi connectivity index (χ0n) is 18.4. The summed E-state index contributed by atoms with van der Waals surface area (Å²) in [4.78, 5) is 12.4. The Hall–Kier alpha value is -3.33. The lowest BCUT2D eigenvalue weighted by molar-refractivity contribution is -0.121. The van der Waals surface area contributed by atoms with E-state index in [0.717, 1.165) is 19.4 Å². The average molecular weight is 411 g/mol. The van der Waals surface area contributed by atoms with Crippen molar-refractivity contribution in [2.24, 2.45) is 0 Å². The molecule has 1 amide bonds. The zero-order valence-corrected chi connectivity index (χ0v) is 18.4. The molecule has 0 saturated carbocycles. The standard InChI is InChI=1S/C28H30N2O/c1-21-7-11-23(12-8-21)17-18-29-28(31)16-15-25-20-30(27-6-4-3-5-26(25)27)19-24-13-9-22(2)10-14-24/h3-14,20H,15-19H2,1-2H3,(H,29,31). The summed E-state index contributed by atoms with van der Waals surface area (Å²) in [5.41, 5.74) is 7.52. The van der Waals surface area contributed by atoms with E-state index in [0.29, 0.717) is 13.0 Å². The number of benzene rings is 3. The zero-order chi connectivity index (χ0) is 21.6. The molecule has 1 heterocycles. The summed E-state index contributed by atoms with van der Waals surface area (Å²) in [6.07, 6.45) is 4.33. The van der Waals surface area contributed by atoms with Crippen LogP contribution >= 0.6 is 0 Å². The molecule has 4 rings (SSSR count). The van der Waals surface area contributed by atoms with E-state index in [1.54, 1.807) is 0 Å². The van der Waals surface area contributed by atoms with Crippen molar-refractivity contribution in [2.45, 2.75) is 39.7 Å². The second-order valence-electron chi connectivity index (χ2n) is 8.37. The maximum atomic E-state index is 12.4. The molecule has 3 nitrogen and oxygen atoms in total. The van der Waals surface area contributed by atoms with Crippen LogP contribution in [-0.2, 0) is 24.2 Å². The molecule has 0 unspecified atom stereocenters. The van der Waals surface area contributed by atoms with E-state index in [1.165, 1.54) is 38.7 Å². The van der Waals surface area contributed by atoms with Gasteiger partial charge in [0, 0.05) is 36.6 Å². The van der Waals surface area contributed by atoms with Gasteiger partial charge in [0.25, 0.3) is 0 Å². The molecule has 0 radical (unpaired) electrons. The quantitative estimate of drug-likeness (QED) is 0.403. The molecule has 1 N–H and O–H groups in total. The Morgan fingerprint density at radius 3 is 2.16 bits per heavy atom. The maximum absolute atomic E-state index is 12.4. The number of fused-ring (bicyclic) bond motifs is 1. The van der Waals surface area contributed by atoms with E-state index in [9.17, 15) is 4.79 Å². The number of hydrogen-bond acceptors (Lipinski definition) is 1. The van der Waals surface area contributed by atoms with Crippen molar-refractivity contribution < 1.29 is 4.79 Å². The van der Waals surface area contributed by atoms with E-state index in [2.05, 4.69) is 103 Å². The first-order valence-electron chi connectivity index (χ1n) is 11.0. The van der Waals surface area contributed by atoms with Crippen molar-refractivity contribution >= 4 is 16.8 Å². The molecule has 0 bridgehead atoms. The van der Waals surface area contributed by atoms with Crippen molar-refractivity contribution in [3.05, 3.63) is 107 Å². The number of nitrogens with zero attached hydrogens (tertiary/aromatic N) is 1. The lowest BCUT2D eigenvalue weighted by atomic mass is 10.1. The normalized spacial score (nSPS) is 11.0. The van der Waals surface area contributed by atoms with Crippen LogP contribution < -0.4 is 5.32 Å². The Kier molecular flexibility index (Phi) is 6.51. The Morgan fingerprint density at radius 1 is 0.806 bits per heavy atom. The summed E-state index contributed by atoms with van der Waals surface area (Å²) >= 11 is 0. The number of amides is 1. The minimum absolute atomic E-state index is 0.113. The first kappa shape index (κ1) is 20.9. The molecule has 0 spiro atoms.